The molecule has 1 aromatic heterocycles. The lowest BCUT2D eigenvalue weighted by Crippen LogP contribution is -2.48. The quantitative estimate of drug-likeness (QED) is 0.750. The average molecular weight is 372 g/mol. The number of carbonyl (C=O) groups excluding carboxylic acids is 3. The van der Waals surface area contributed by atoms with Crippen LogP contribution >= 0.6 is 11.8 Å². The molecule has 0 spiro atoms. The first-order chi connectivity index (χ1) is 12.5. The van der Waals surface area contributed by atoms with E-state index in [1.165, 1.54) is 4.90 Å². The van der Waals surface area contributed by atoms with Crippen LogP contribution in [0.5, 0.6) is 0 Å². The Hall–Kier alpha value is -2.61. The molecule has 2 aliphatic heterocycles. The monoisotopic (exact) mass is 372 g/mol. The maximum absolute atomic E-state index is 12.7. The molecule has 0 radical (unpaired) electrons. The SMILES string of the molecule is O=C(c1cc2ccccc2oc1=O)N1CCC(N2C(=O)CSC2=O)CC1. The molecule has 8 heteroatoms. The molecule has 2 saturated heterocycles. The van der Waals surface area contributed by atoms with Gasteiger partial charge in [-0.3, -0.25) is 19.3 Å². The summed E-state index contributed by atoms with van der Waals surface area (Å²) in [7, 11) is 0. The van der Waals surface area contributed by atoms with Gasteiger partial charge in [0.05, 0.1) is 5.75 Å². The number of hydrogen-bond donors (Lipinski definition) is 0. The van der Waals surface area contributed by atoms with Crippen LogP contribution in [-0.4, -0.2) is 51.7 Å². The molecule has 0 aliphatic carbocycles. The fourth-order valence-electron chi connectivity index (χ4n) is 3.43. The van der Waals surface area contributed by atoms with E-state index in [4.69, 9.17) is 4.42 Å². The molecule has 2 aliphatic rings. The zero-order chi connectivity index (χ0) is 18.3. The summed E-state index contributed by atoms with van der Waals surface area (Å²) in [5.74, 6) is -0.354. The third-order valence-corrected chi connectivity index (χ3v) is 5.61. The molecule has 7 nitrogen and oxygen atoms in total. The fraction of sp³-hybridized carbons (Fsp3) is 0.333. The van der Waals surface area contributed by atoms with Gasteiger partial charge in [-0.25, -0.2) is 4.79 Å². The van der Waals surface area contributed by atoms with Gasteiger partial charge in [-0.05, 0) is 25.0 Å². The summed E-state index contributed by atoms with van der Waals surface area (Å²) in [6, 6.07) is 8.41. The van der Waals surface area contributed by atoms with Crippen LogP contribution in [0.1, 0.15) is 23.2 Å². The van der Waals surface area contributed by atoms with Gasteiger partial charge in [-0.15, -0.1) is 0 Å². The second kappa shape index (κ2) is 6.60. The van der Waals surface area contributed by atoms with Gasteiger partial charge in [0.25, 0.3) is 11.1 Å². The minimum Gasteiger partial charge on any atom is -0.422 e. The Morgan fingerprint density at radius 1 is 1.12 bits per heavy atom. The van der Waals surface area contributed by atoms with E-state index in [1.807, 2.05) is 6.07 Å². The molecular formula is C18H16N2O5S. The maximum atomic E-state index is 12.7. The summed E-state index contributed by atoms with van der Waals surface area (Å²) in [5, 5.41) is 0.477. The van der Waals surface area contributed by atoms with Crippen molar-refractivity contribution in [3.05, 3.63) is 46.3 Å². The first kappa shape index (κ1) is 16.8. The van der Waals surface area contributed by atoms with Crippen LogP contribution in [0.3, 0.4) is 0 Å². The van der Waals surface area contributed by atoms with E-state index in [0.29, 0.717) is 36.9 Å². The molecule has 4 rings (SSSR count). The lowest BCUT2D eigenvalue weighted by Gasteiger charge is -2.35. The van der Waals surface area contributed by atoms with E-state index in [1.54, 1.807) is 29.2 Å². The van der Waals surface area contributed by atoms with Crippen molar-refractivity contribution in [2.24, 2.45) is 0 Å². The topological polar surface area (TPSA) is 87.9 Å². The van der Waals surface area contributed by atoms with Gasteiger partial charge in [0.15, 0.2) is 0 Å². The highest BCUT2D eigenvalue weighted by atomic mass is 32.2. The summed E-state index contributed by atoms with van der Waals surface area (Å²) >= 11 is 1.02. The number of carbonyl (C=O) groups is 3. The van der Waals surface area contributed by atoms with Crippen LogP contribution in [0.15, 0.2) is 39.5 Å². The maximum Gasteiger partial charge on any atom is 0.349 e. The number of rotatable bonds is 2. The first-order valence-corrected chi connectivity index (χ1v) is 9.34. The Balaban J connectivity index is 1.50. The minimum absolute atomic E-state index is 0.00558. The molecule has 0 unspecified atom stereocenters. The summed E-state index contributed by atoms with van der Waals surface area (Å²) in [6.07, 6.45) is 1.03. The number of hydrogen-bond acceptors (Lipinski definition) is 6. The van der Waals surface area contributed by atoms with E-state index in [-0.39, 0.29) is 34.4 Å². The molecule has 0 bridgehead atoms. The molecule has 0 atom stereocenters. The smallest absolute Gasteiger partial charge is 0.349 e. The molecule has 3 heterocycles. The van der Waals surface area contributed by atoms with E-state index >= 15 is 0 Å². The second-order valence-electron chi connectivity index (χ2n) is 6.33. The number of nitrogens with zero attached hydrogens (tertiary/aromatic N) is 2. The van der Waals surface area contributed by atoms with E-state index in [2.05, 4.69) is 0 Å². The third-order valence-electron chi connectivity index (χ3n) is 4.77. The third kappa shape index (κ3) is 2.90. The predicted octanol–water partition coefficient (Wildman–Crippen LogP) is 2.09. The molecule has 26 heavy (non-hydrogen) atoms. The molecule has 2 aromatic rings. The zero-order valence-corrected chi connectivity index (χ0v) is 14.7. The zero-order valence-electron chi connectivity index (χ0n) is 13.8. The van der Waals surface area contributed by atoms with Crippen molar-refractivity contribution >= 4 is 39.8 Å². The van der Waals surface area contributed by atoms with Gasteiger partial charge >= 0.3 is 5.63 Å². The van der Waals surface area contributed by atoms with Crippen molar-refractivity contribution in [2.75, 3.05) is 18.8 Å². The lowest BCUT2D eigenvalue weighted by molar-refractivity contribution is -0.126. The Morgan fingerprint density at radius 2 is 1.85 bits per heavy atom. The van der Waals surface area contributed by atoms with Crippen LogP contribution in [0.4, 0.5) is 4.79 Å². The molecule has 2 fully saturated rings. The van der Waals surface area contributed by atoms with Crippen molar-refractivity contribution in [1.29, 1.82) is 0 Å². The summed E-state index contributed by atoms with van der Waals surface area (Å²) in [6.45, 7) is 0.773. The normalized spacial score (nSPS) is 18.8. The molecule has 0 saturated carbocycles. The van der Waals surface area contributed by atoms with Crippen molar-refractivity contribution < 1.29 is 18.8 Å². The van der Waals surface area contributed by atoms with Crippen molar-refractivity contribution in [3.8, 4) is 0 Å². The van der Waals surface area contributed by atoms with Crippen LogP contribution < -0.4 is 5.63 Å². The first-order valence-electron chi connectivity index (χ1n) is 8.35. The number of fused-ring (bicyclic) bond motifs is 1. The van der Waals surface area contributed by atoms with E-state index in [0.717, 1.165) is 11.8 Å². The van der Waals surface area contributed by atoms with Gasteiger partial charge in [0.1, 0.15) is 11.1 Å². The fourth-order valence-corrected chi connectivity index (χ4v) is 4.20. The van der Waals surface area contributed by atoms with Crippen LogP contribution in [-0.2, 0) is 4.79 Å². The highest BCUT2D eigenvalue weighted by molar-refractivity contribution is 8.14. The highest BCUT2D eigenvalue weighted by Gasteiger charge is 2.38. The summed E-state index contributed by atoms with van der Waals surface area (Å²) < 4.78 is 5.23. The molecule has 134 valence electrons. The average Bonchev–Trinajstić information content (AvgIpc) is 2.99. The van der Waals surface area contributed by atoms with Crippen molar-refractivity contribution in [2.45, 2.75) is 18.9 Å². The Kier molecular flexibility index (Phi) is 4.28. The molecule has 1 aromatic carbocycles. The van der Waals surface area contributed by atoms with Gasteiger partial charge in [0.2, 0.25) is 5.91 Å². The number of thioether (sulfide) groups is 1. The second-order valence-corrected chi connectivity index (χ2v) is 7.25. The number of para-hydroxylation sites is 1. The van der Waals surface area contributed by atoms with E-state index in [9.17, 15) is 19.2 Å². The molecular weight excluding hydrogens is 356 g/mol. The standard InChI is InChI=1S/C18H16N2O5S/c21-15-10-26-18(24)20(15)12-5-7-19(8-6-12)16(22)13-9-11-3-1-2-4-14(11)25-17(13)23/h1-4,9,12H,5-8,10H2. The predicted molar refractivity (Wildman–Crippen MR) is 96.1 cm³/mol. The Labute approximate surface area is 152 Å². The van der Waals surface area contributed by atoms with Crippen LogP contribution in [0.25, 0.3) is 11.0 Å². The minimum atomic E-state index is -0.655. The van der Waals surface area contributed by atoms with Gasteiger partial charge in [-0.2, -0.15) is 0 Å². The van der Waals surface area contributed by atoms with Crippen molar-refractivity contribution in [3.63, 3.8) is 0 Å². The number of benzene rings is 1. The molecule has 3 amide bonds. The van der Waals surface area contributed by atoms with Gasteiger partial charge < -0.3 is 9.32 Å². The van der Waals surface area contributed by atoms with Crippen molar-refractivity contribution in [1.82, 2.24) is 9.80 Å². The highest BCUT2D eigenvalue weighted by Crippen LogP contribution is 2.27. The van der Waals surface area contributed by atoms with E-state index < -0.39 is 5.63 Å². The lowest BCUT2D eigenvalue weighted by atomic mass is 10.0. The van der Waals surface area contributed by atoms with Gasteiger partial charge in [-0.1, -0.05) is 30.0 Å². The number of piperidine rings is 1. The molecule has 0 N–H and O–H groups in total. The summed E-state index contributed by atoms with van der Waals surface area (Å²) in [5.41, 5.74) is -0.209. The Bertz CT molecular complexity index is 945. The number of likely N-dealkylation sites (tertiary alicyclic amines) is 1. The van der Waals surface area contributed by atoms with Crippen LogP contribution in [0, 0.1) is 0 Å². The Morgan fingerprint density at radius 3 is 2.54 bits per heavy atom. The largest absolute Gasteiger partial charge is 0.422 e. The number of amides is 3. The van der Waals surface area contributed by atoms with Crippen LogP contribution in [0.2, 0.25) is 0 Å². The summed E-state index contributed by atoms with van der Waals surface area (Å²) in [4.78, 5) is 51.5. The van der Waals surface area contributed by atoms with Gasteiger partial charge in [0, 0.05) is 24.5 Å². The number of imide groups is 1.